The van der Waals surface area contributed by atoms with E-state index in [-0.39, 0.29) is 46.1 Å². The van der Waals surface area contributed by atoms with Crippen LogP contribution in [0.4, 0.5) is 11.4 Å². The van der Waals surface area contributed by atoms with E-state index in [0.29, 0.717) is 16.4 Å². The Hall–Kier alpha value is -3.16. The quantitative estimate of drug-likeness (QED) is 0.372. The zero-order valence-electron chi connectivity index (χ0n) is 18.1. The first-order valence-electron chi connectivity index (χ1n) is 10.8. The number of carbonyl (C=O) groups is 4. The summed E-state index contributed by atoms with van der Waals surface area (Å²) in [4.78, 5) is 51.7. The van der Waals surface area contributed by atoms with E-state index >= 15 is 0 Å². The highest BCUT2D eigenvalue weighted by molar-refractivity contribution is 6.36. The molecule has 5 rings (SSSR count). The number of rotatable bonds is 5. The van der Waals surface area contributed by atoms with Gasteiger partial charge in [-0.3, -0.25) is 19.3 Å². The number of nitrogens with one attached hydrogen (secondary N) is 1. The van der Waals surface area contributed by atoms with Crippen LogP contribution in [0.3, 0.4) is 0 Å². The number of hydrogen-bond donors (Lipinski definition) is 1. The van der Waals surface area contributed by atoms with Crippen molar-refractivity contribution in [2.75, 3.05) is 16.8 Å². The summed E-state index contributed by atoms with van der Waals surface area (Å²) in [5.41, 5.74) is 2.15. The van der Waals surface area contributed by atoms with E-state index in [4.69, 9.17) is 27.9 Å². The standard InChI is InChI=1S/C25H20Cl2N2O5/c1-12-8-14-9-17(12)22-21(14)23(31)29(24(22)32)16-5-2-13(3-6-16)25(33)34-11-20(30)28-19-7-4-15(26)10-18(19)27/h2-8,10,14,17,21-22H,9,11H2,1H3,(H,28,30)/t14-,17+,21-,22-/m0/s1. The van der Waals surface area contributed by atoms with Gasteiger partial charge in [0.1, 0.15) is 0 Å². The summed E-state index contributed by atoms with van der Waals surface area (Å²) < 4.78 is 5.07. The lowest BCUT2D eigenvalue weighted by atomic mass is 9.82. The Labute approximate surface area is 205 Å². The summed E-state index contributed by atoms with van der Waals surface area (Å²) in [7, 11) is 0. The molecule has 34 heavy (non-hydrogen) atoms. The smallest absolute Gasteiger partial charge is 0.338 e. The number of amides is 3. The first-order chi connectivity index (χ1) is 16.2. The second-order valence-corrected chi connectivity index (χ2v) is 9.62. The molecule has 0 unspecified atom stereocenters. The van der Waals surface area contributed by atoms with Crippen molar-refractivity contribution in [2.24, 2.45) is 23.7 Å². The molecule has 2 aromatic carbocycles. The molecule has 2 aliphatic carbocycles. The van der Waals surface area contributed by atoms with Crippen molar-refractivity contribution < 1.29 is 23.9 Å². The van der Waals surface area contributed by atoms with Crippen molar-refractivity contribution in [1.82, 2.24) is 0 Å². The molecule has 2 bridgehead atoms. The summed E-state index contributed by atoms with van der Waals surface area (Å²) in [5.74, 6) is -1.95. The fourth-order valence-corrected chi connectivity index (χ4v) is 5.72. The molecule has 1 saturated heterocycles. The molecule has 1 saturated carbocycles. The second kappa shape index (κ2) is 8.56. The lowest BCUT2D eigenvalue weighted by Gasteiger charge is -2.19. The molecular weight excluding hydrogens is 479 g/mol. The molecule has 3 aliphatic rings. The van der Waals surface area contributed by atoms with Crippen molar-refractivity contribution in [3.05, 3.63) is 69.7 Å². The lowest BCUT2D eigenvalue weighted by Crippen LogP contribution is -2.33. The van der Waals surface area contributed by atoms with Crippen LogP contribution in [0.5, 0.6) is 0 Å². The normalized spacial score (nSPS) is 24.8. The molecule has 2 aromatic rings. The Morgan fingerprint density at radius 3 is 2.47 bits per heavy atom. The number of nitrogens with zero attached hydrogens (tertiary/aromatic N) is 1. The van der Waals surface area contributed by atoms with Crippen LogP contribution >= 0.6 is 23.2 Å². The number of hydrogen-bond acceptors (Lipinski definition) is 5. The van der Waals surface area contributed by atoms with Crippen LogP contribution in [0.25, 0.3) is 0 Å². The summed E-state index contributed by atoms with van der Waals surface area (Å²) in [5, 5.41) is 3.23. The summed E-state index contributed by atoms with van der Waals surface area (Å²) in [6, 6.07) is 10.6. The van der Waals surface area contributed by atoms with Crippen LogP contribution in [0, 0.1) is 23.7 Å². The average molecular weight is 499 g/mol. The number of esters is 1. The van der Waals surface area contributed by atoms with Gasteiger partial charge in [-0.1, -0.05) is 34.9 Å². The van der Waals surface area contributed by atoms with E-state index in [1.807, 2.05) is 6.92 Å². The Bertz CT molecular complexity index is 1260. The van der Waals surface area contributed by atoms with Gasteiger partial charge in [-0.2, -0.15) is 0 Å². The first kappa shape index (κ1) is 22.6. The Kier molecular flexibility index (Phi) is 5.70. The highest BCUT2D eigenvalue weighted by Crippen LogP contribution is 2.55. The molecule has 1 N–H and O–H groups in total. The minimum Gasteiger partial charge on any atom is -0.452 e. The average Bonchev–Trinajstić information content (AvgIpc) is 3.44. The zero-order valence-corrected chi connectivity index (χ0v) is 19.6. The van der Waals surface area contributed by atoms with Gasteiger partial charge in [-0.05, 0) is 67.6 Å². The summed E-state index contributed by atoms with van der Waals surface area (Å²) in [6.07, 6.45) is 2.99. The molecule has 1 heterocycles. The molecule has 4 atom stereocenters. The number of halogens is 2. The second-order valence-electron chi connectivity index (χ2n) is 8.78. The molecule has 2 fully saturated rings. The van der Waals surface area contributed by atoms with Crippen LogP contribution in [0.1, 0.15) is 23.7 Å². The molecule has 0 spiro atoms. The number of ether oxygens (including phenoxy) is 1. The van der Waals surface area contributed by atoms with Crippen LogP contribution in [-0.2, 0) is 19.1 Å². The van der Waals surface area contributed by atoms with E-state index in [0.717, 1.165) is 6.42 Å². The number of fused-ring (bicyclic) bond motifs is 5. The van der Waals surface area contributed by atoms with Gasteiger partial charge in [0.05, 0.1) is 33.8 Å². The number of benzene rings is 2. The van der Waals surface area contributed by atoms with Gasteiger partial charge in [0, 0.05) is 5.02 Å². The van der Waals surface area contributed by atoms with E-state index in [1.54, 1.807) is 24.3 Å². The summed E-state index contributed by atoms with van der Waals surface area (Å²) in [6.45, 7) is 1.51. The third-order valence-electron chi connectivity index (χ3n) is 6.78. The third-order valence-corrected chi connectivity index (χ3v) is 7.33. The van der Waals surface area contributed by atoms with Crippen molar-refractivity contribution in [1.29, 1.82) is 0 Å². The van der Waals surface area contributed by atoms with E-state index in [2.05, 4.69) is 11.4 Å². The van der Waals surface area contributed by atoms with Crippen LogP contribution < -0.4 is 10.2 Å². The molecule has 0 aromatic heterocycles. The van der Waals surface area contributed by atoms with Gasteiger partial charge in [0.2, 0.25) is 11.8 Å². The maximum atomic E-state index is 13.0. The predicted octanol–water partition coefficient (Wildman–Crippen LogP) is 4.49. The molecule has 1 aliphatic heterocycles. The predicted molar refractivity (Wildman–Crippen MR) is 127 cm³/mol. The maximum Gasteiger partial charge on any atom is 0.338 e. The van der Waals surface area contributed by atoms with Gasteiger partial charge >= 0.3 is 5.97 Å². The lowest BCUT2D eigenvalue weighted by molar-refractivity contribution is -0.123. The summed E-state index contributed by atoms with van der Waals surface area (Å²) >= 11 is 11.8. The van der Waals surface area contributed by atoms with Crippen LogP contribution in [0.15, 0.2) is 54.1 Å². The monoisotopic (exact) mass is 498 g/mol. The highest BCUT2D eigenvalue weighted by Gasteiger charge is 2.60. The molecule has 3 amide bonds. The number of carbonyl (C=O) groups excluding carboxylic acids is 4. The molecule has 9 heteroatoms. The fraction of sp³-hybridized carbons (Fsp3) is 0.280. The van der Waals surface area contributed by atoms with Gasteiger partial charge in [-0.25, -0.2) is 4.79 Å². The highest BCUT2D eigenvalue weighted by atomic mass is 35.5. The molecule has 7 nitrogen and oxygen atoms in total. The van der Waals surface area contributed by atoms with Gasteiger partial charge in [0.25, 0.3) is 5.91 Å². The number of anilines is 2. The fourth-order valence-electron chi connectivity index (χ4n) is 5.27. The SMILES string of the molecule is CC1=C[C@H]2C[C@H]1[C@@H]1C(=O)N(c3ccc(C(=O)OCC(=O)Nc4ccc(Cl)cc4Cl)cc3)C(=O)[C@H]12. The van der Waals surface area contributed by atoms with Crippen LogP contribution in [0.2, 0.25) is 10.0 Å². The first-order valence-corrected chi connectivity index (χ1v) is 11.6. The van der Waals surface area contributed by atoms with Crippen molar-refractivity contribution in [3.63, 3.8) is 0 Å². The van der Waals surface area contributed by atoms with Gasteiger partial charge in [-0.15, -0.1) is 0 Å². The maximum absolute atomic E-state index is 13.0. The minimum atomic E-state index is -0.710. The largest absolute Gasteiger partial charge is 0.452 e. The third kappa shape index (κ3) is 3.79. The van der Waals surface area contributed by atoms with E-state index < -0.39 is 18.5 Å². The molecule has 0 radical (unpaired) electrons. The van der Waals surface area contributed by atoms with Gasteiger partial charge in [0.15, 0.2) is 6.61 Å². The van der Waals surface area contributed by atoms with Crippen molar-refractivity contribution in [3.8, 4) is 0 Å². The van der Waals surface area contributed by atoms with Crippen LogP contribution in [-0.4, -0.2) is 30.3 Å². The van der Waals surface area contributed by atoms with Gasteiger partial charge < -0.3 is 10.1 Å². The van der Waals surface area contributed by atoms with E-state index in [9.17, 15) is 19.2 Å². The Morgan fingerprint density at radius 2 is 1.76 bits per heavy atom. The Morgan fingerprint density at radius 1 is 1.06 bits per heavy atom. The number of allylic oxidation sites excluding steroid dienone is 2. The Balaban J connectivity index is 1.21. The van der Waals surface area contributed by atoms with E-state index in [1.165, 1.54) is 28.7 Å². The zero-order chi connectivity index (χ0) is 24.1. The molecular formula is C25H20Cl2N2O5. The molecule has 174 valence electrons. The van der Waals surface area contributed by atoms with Crippen molar-refractivity contribution in [2.45, 2.75) is 13.3 Å². The minimum absolute atomic E-state index is 0.125. The van der Waals surface area contributed by atoms with Crippen molar-refractivity contribution >= 4 is 58.3 Å². The number of imide groups is 1. The topological polar surface area (TPSA) is 92.8 Å².